The number of allylic oxidation sites excluding steroid dienone is 2. The second kappa shape index (κ2) is 8.63. The van der Waals surface area contributed by atoms with E-state index >= 15 is 0 Å². The molecule has 0 aliphatic rings. The standard InChI is InChI=1S/C11H23N/c1-3-4-5-6-7-8-9-10-11(2)12/h10H,3-9,12H2,1-2H3/b11-10-. The van der Waals surface area contributed by atoms with E-state index in [0.717, 1.165) is 12.1 Å². The van der Waals surface area contributed by atoms with E-state index in [1.807, 2.05) is 6.92 Å². The van der Waals surface area contributed by atoms with Gasteiger partial charge < -0.3 is 5.73 Å². The summed E-state index contributed by atoms with van der Waals surface area (Å²) in [4.78, 5) is 0. The fourth-order valence-electron chi connectivity index (χ4n) is 1.25. The van der Waals surface area contributed by atoms with Crippen LogP contribution in [0.4, 0.5) is 0 Å². The molecule has 0 amide bonds. The molecule has 0 bridgehead atoms. The van der Waals surface area contributed by atoms with Crippen LogP contribution in [0.5, 0.6) is 0 Å². The number of unbranched alkanes of at least 4 members (excludes halogenated alkanes) is 6. The molecule has 0 rings (SSSR count). The molecule has 0 radical (unpaired) electrons. The molecule has 0 saturated heterocycles. The second-order valence-electron chi connectivity index (χ2n) is 3.50. The summed E-state index contributed by atoms with van der Waals surface area (Å²) in [6.45, 7) is 4.21. The Morgan fingerprint density at radius 2 is 1.67 bits per heavy atom. The quantitative estimate of drug-likeness (QED) is 0.579. The van der Waals surface area contributed by atoms with Crippen molar-refractivity contribution in [3.63, 3.8) is 0 Å². The molecule has 72 valence electrons. The van der Waals surface area contributed by atoms with Crippen LogP contribution in [0.25, 0.3) is 0 Å². The van der Waals surface area contributed by atoms with E-state index < -0.39 is 0 Å². The molecule has 0 aromatic carbocycles. The summed E-state index contributed by atoms with van der Waals surface area (Å²) in [5, 5.41) is 0. The first-order valence-electron chi connectivity index (χ1n) is 5.19. The van der Waals surface area contributed by atoms with Gasteiger partial charge in [0.1, 0.15) is 0 Å². The molecule has 0 fully saturated rings. The molecule has 0 spiro atoms. The second-order valence-corrected chi connectivity index (χ2v) is 3.50. The highest BCUT2D eigenvalue weighted by Gasteiger charge is 1.88. The molecule has 0 aromatic rings. The maximum atomic E-state index is 5.52. The van der Waals surface area contributed by atoms with Crippen LogP contribution in [-0.4, -0.2) is 0 Å². The summed E-state index contributed by atoms with van der Waals surface area (Å²) < 4.78 is 0. The van der Waals surface area contributed by atoms with Gasteiger partial charge in [-0.25, -0.2) is 0 Å². The molecule has 0 heterocycles. The maximum Gasteiger partial charge on any atom is 0.000832 e. The third-order valence-electron chi connectivity index (χ3n) is 2.02. The fourth-order valence-corrected chi connectivity index (χ4v) is 1.25. The Kier molecular flexibility index (Phi) is 8.30. The minimum atomic E-state index is 0.962. The van der Waals surface area contributed by atoms with Gasteiger partial charge in [-0.3, -0.25) is 0 Å². The molecule has 0 unspecified atom stereocenters. The highest BCUT2D eigenvalue weighted by atomic mass is 14.5. The molecule has 0 aliphatic carbocycles. The van der Waals surface area contributed by atoms with Gasteiger partial charge in [-0.1, -0.05) is 45.1 Å². The van der Waals surface area contributed by atoms with Crippen molar-refractivity contribution in [1.82, 2.24) is 0 Å². The van der Waals surface area contributed by atoms with Crippen molar-refractivity contribution >= 4 is 0 Å². The molecular weight excluding hydrogens is 146 g/mol. The Morgan fingerprint density at radius 3 is 2.25 bits per heavy atom. The number of hydrogen-bond acceptors (Lipinski definition) is 1. The molecular formula is C11H23N. The smallest absolute Gasteiger partial charge is 0.000832 e. The molecule has 1 nitrogen and oxygen atoms in total. The van der Waals surface area contributed by atoms with E-state index in [9.17, 15) is 0 Å². The number of hydrogen-bond donors (Lipinski definition) is 1. The van der Waals surface area contributed by atoms with E-state index in [0.29, 0.717) is 0 Å². The summed E-state index contributed by atoms with van der Waals surface area (Å²) in [5.41, 5.74) is 6.48. The van der Waals surface area contributed by atoms with E-state index in [1.54, 1.807) is 0 Å². The van der Waals surface area contributed by atoms with Crippen LogP contribution in [0.2, 0.25) is 0 Å². The minimum Gasteiger partial charge on any atom is -0.403 e. The van der Waals surface area contributed by atoms with Crippen LogP contribution < -0.4 is 5.73 Å². The average molecular weight is 169 g/mol. The number of rotatable bonds is 7. The first kappa shape index (κ1) is 11.5. The van der Waals surface area contributed by atoms with Crippen LogP contribution in [0.3, 0.4) is 0 Å². The summed E-state index contributed by atoms with van der Waals surface area (Å²) in [6.07, 6.45) is 11.5. The van der Waals surface area contributed by atoms with Gasteiger partial charge >= 0.3 is 0 Å². The lowest BCUT2D eigenvalue weighted by Crippen LogP contribution is -1.89. The Morgan fingerprint density at radius 1 is 1.08 bits per heavy atom. The van der Waals surface area contributed by atoms with Gasteiger partial charge in [-0.2, -0.15) is 0 Å². The van der Waals surface area contributed by atoms with E-state index in [-0.39, 0.29) is 0 Å². The van der Waals surface area contributed by atoms with Crippen molar-refractivity contribution in [3.05, 3.63) is 11.8 Å². The monoisotopic (exact) mass is 169 g/mol. The van der Waals surface area contributed by atoms with Gasteiger partial charge in [0.15, 0.2) is 0 Å². The van der Waals surface area contributed by atoms with Crippen molar-refractivity contribution in [1.29, 1.82) is 0 Å². The van der Waals surface area contributed by atoms with Crippen LogP contribution in [0.1, 0.15) is 58.8 Å². The van der Waals surface area contributed by atoms with Gasteiger partial charge in [-0.05, 0) is 19.8 Å². The lowest BCUT2D eigenvalue weighted by atomic mass is 10.1. The predicted octanol–water partition coefficient (Wildman–Crippen LogP) is 3.60. The topological polar surface area (TPSA) is 26.0 Å². The molecule has 2 N–H and O–H groups in total. The first-order chi connectivity index (χ1) is 5.77. The molecule has 0 atom stereocenters. The minimum absolute atomic E-state index is 0.962. The normalized spacial score (nSPS) is 12.0. The van der Waals surface area contributed by atoms with Crippen LogP contribution >= 0.6 is 0 Å². The van der Waals surface area contributed by atoms with Crippen molar-refractivity contribution in [2.45, 2.75) is 58.8 Å². The summed E-state index contributed by atoms with van der Waals surface area (Å²) in [5.74, 6) is 0. The van der Waals surface area contributed by atoms with Crippen molar-refractivity contribution in [2.75, 3.05) is 0 Å². The van der Waals surface area contributed by atoms with Crippen LogP contribution in [0, 0.1) is 0 Å². The van der Waals surface area contributed by atoms with E-state index in [1.165, 1.54) is 38.5 Å². The molecule has 0 saturated carbocycles. The third-order valence-corrected chi connectivity index (χ3v) is 2.02. The predicted molar refractivity (Wildman–Crippen MR) is 55.9 cm³/mol. The summed E-state index contributed by atoms with van der Waals surface area (Å²) in [6, 6.07) is 0. The van der Waals surface area contributed by atoms with Crippen molar-refractivity contribution in [2.24, 2.45) is 5.73 Å². The van der Waals surface area contributed by atoms with Gasteiger partial charge in [0.25, 0.3) is 0 Å². The highest BCUT2D eigenvalue weighted by Crippen LogP contribution is 2.07. The largest absolute Gasteiger partial charge is 0.403 e. The summed E-state index contributed by atoms with van der Waals surface area (Å²) >= 11 is 0. The van der Waals surface area contributed by atoms with Crippen molar-refractivity contribution in [3.8, 4) is 0 Å². The Balaban J connectivity index is 2.96. The Bertz CT molecular complexity index is 112. The zero-order valence-corrected chi connectivity index (χ0v) is 8.60. The molecule has 0 aliphatic heterocycles. The number of nitrogens with two attached hydrogens (primary N) is 1. The zero-order valence-electron chi connectivity index (χ0n) is 8.60. The first-order valence-corrected chi connectivity index (χ1v) is 5.19. The fraction of sp³-hybridized carbons (Fsp3) is 0.818. The Hall–Kier alpha value is -0.460. The molecule has 12 heavy (non-hydrogen) atoms. The van der Waals surface area contributed by atoms with E-state index in [4.69, 9.17) is 5.73 Å². The van der Waals surface area contributed by atoms with Crippen molar-refractivity contribution < 1.29 is 0 Å². The molecule has 1 heteroatoms. The molecule has 0 aromatic heterocycles. The highest BCUT2D eigenvalue weighted by molar-refractivity contribution is 4.90. The third kappa shape index (κ3) is 9.54. The SMILES string of the molecule is CCCCCCCC/C=C(/C)N. The lowest BCUT2D eigenvalue weighted by molar-refractivity contribution is 0.610. The van der Waals surface area contributed by atoms with Gasteiger partial charge in [0, 0.05) is 5.70 Å². The average Bonchev–Trinajstić information content (AvgIpc) is 2.02. The van der Waals surface area contributed by atoms with Crippen LogP contribution in [0.15, 0.2) is 11.8 Å². The maximum absolute atomic E-state index is 5.52. The zero-order chi connectivity index (χ0) is 9.23. The Labute approximate surface area is 77.0 Å². The van der Waals surface area contributed by atoms with Gasteiger partial charge in [-0.15, -0.1) is 0 Å². The van der Waals surface area contributed by atoms with E-state index in [2.05, 4.69) is 13.0 Å². The van der Waals surface area contributed by atoms with Gasteiger partial charge in [0.05, 0.1) is 0 Å². The lowest BCUT2D eigenvalue weighted by Gasteiger charge is -1.97. The van der Waals surface area contributed by atoms with Crippen LogP contribution in [-0.2, 0) is 0 Å². The van der Waals surface area contributed by atoms with Gasteiger partial charge in [0.2, 0.25) is 0 Å². The summed E-state index contributed by atoms with van der Waals surface area (Å²) in [7, 11) is 0.